The molecule has 0 aliphatic heterocycles. The molecule has 0 bridgehead atoms. The molecule has 0 aliphatic rings. The number of fused-ring (bicyclic) bond motifs is 2. The maximum Gasteiger partial charge on any atom is 0.204 e. The molecule has 0 aliphatic carbocycles. The van der Waals surface area contributed by atoms with Gasteiger partial charge in [-0.2, -0.15) is 0 Å². The number of sulfone groups is 2. The first kappa shape index (κ1) is 52.3. The van der Waals surface area contributed by atoms with Gasteiger partial charge in [-0.25, -0.2) is 35.6 Å². The number of aromatic nitrogens is 12. The number of furan rings is 2. The molecule has 10 rings (SSSR count). The average Bonchev–Trinajstić information content (AvgIpc) is 4.33. The van der Waals surface area contributed by atoms with E-state index in [4.69, 9.17) is 27.8 Å². The molecule has 76 heavy (non-hydrogen) atoms. The van der Waals surface area contributed by atoms with E-state index in [1.807, 2.05) is 0 Å². The predicted molar refractivity (Wildman–Crippen MR) is 273 cm³/mol. The second kappa shape index (κ2) is 21.4. The number of methoxy groups -OCH3 is 4. The van der Waals surface area contributed by atoms with Crippen molar-refractivity contribution >= 4 is 41.7 Å². The Kier molecular flexibility index (Phi) is 14.7. The van der Waals surface area contributed by atoms with E-state index in [0.717, 1.165) is 12.4 Å². The Hall–Kier alpha value is -8.52. The molecule has 0 N–H and O–H groups in total. The third-order valence-corrected chi connectivity index (χ3v) is 16.7. The quantitative estimate of drug-likeness (QED) is 0.0836. The summed E-state index contributed by atoms with van der Waals surface area (Å²) in [6.07, 6.45) is 8.15. The Morgan fingerprint density at radius 3 is 1.24 bits per heavy atom. The minimum absolute atomic E-state index is 0.0350. The Balaban J connectivity index is 0.000000186. The van der Waals surface area contributed by atoms with Gasteiger partial charge in [0.25, 0.3) is 0 Å². The predicted octanol–water partition coefficient (Wildman–Crippen LogP) is 7.02. The molecule has 396 valence electrons. The zero-order valence-corrected chi connectivity index (χ0v) is 43.9. The summed E-state index contributed by atoms with van der Waals surface area (Å²) in [6.45, 7) is 3.15. The summed E-state index contributed by atoms with van der Waals surface area (Å²) in [5.74, 6) is 1.38. The minimum atomic E-state index is -3.81. The molecule has 0 saturated carbocycles. The van der Waals surface area contributed by atoms with Crippen molar-refractivity contribution in [3.05, 3.63) is 133 Å². The van der Waals surface area contributed by atoms with E-state index in [1.54, 1.807) is 97.7 Å². The van der Waals surface area contributed by atoms with Crippen LogP contribution in [0, 0.1) is 11.6 Å². The lowest BCUT2D eigenvalue weighted by Crippen LogP contribution is -2.24. The Morgan fingerprint density at radius 1 is 0.539 bits per heavy atom. The van der Waals surface area contributed by atoms with Crippen molar-refractivity contribution in [2.24, 2.45) is 14.1 Å². The van der Waals surface area contributed by atoms with E-state index >= 15 is 0 Å². The lowest BCUT2D eigenvalue weighted by Gasteiger charge is -2.18. The van der Waals surface area contributed by atoms with Gasteiger partial charge < -0.3 is 36.9 Å². The van der Waals surface area contributed by atoms with Crippen molar-refractivity contribution in [3.63, 3.8) is 0 Å². The molecule has 0 spiro atoms. The Bertz CT molecular complexity index is 3630. The van der Waals surface area contributed by atoms with Gasteiger partial charge in [-0.05, 0) is 62.4 Å². The van der Waals surface area contributed by atoms with Crippen LogP contribution < -0.4 is 18.9 Å². The highest BCUT2D eigenvalue weighted by atomic mass is 32.2. The fourth-order valence-corrected chi connectivity index (χ4v) is 11.1. The number of hydrogen-bond acceptors (Lipinski definition) is 18. The first-order chi connectivity index (χ1) is 36.5. The number of rotatable bonds is 18. The number of aryl methyl sites for hydroxylation is 2. The molecule has 8 heterocycles. The number of imidazole rings is 2. The smallest absolute Gasteiger partial charge is 0.204 e. The van der Waals surface area contributed by atoms with Gasteiger partial charge in [0.2, 0.25) is 11.6 Å². The monoisotopic (exact) mass is 1080 g/mol. The van der Waals surface area contributed by atoms with E-state index in [0.29, 0.717) is 68.3 Å². The van der Waals surface area contributed by atoms with E-state index < -0.39 is 53.3 Å². The summed E-state index contributed by atoms with van der Waals surface area (Å²) in [5, 5.41) is 15.2. The van der Waals surface area contributed by atoms with Crippen LogP contribution in [-0.4, -0.2) is 114 Å². The van der Waals surface area contributed by atoms with Crippen LogP contribution in [0.1, 0.15) is 36.9 Å². The van der Waals surface area contributed by atoms with Gasteiger partial charge in [-0.15, -0.1) is 20.4 Å². The molecular weight excluding hydrogens is 1030 g/mol. The van der Waals surface area contributed by atoms with Crippen LogP contribution in [0.3, 0.4) is 0 Å². The molecule has 2 atom stereocenters. The van der Waals surface area contributed by atoms with E-state index in [1.165, 1.54) is 62.8 Å². The number of nitrogens with zero attached hydrogens (tertiary/aromatic N) is 12. The molecule has 0 amide bonds. The van der Waals surface area contributed by atoms with Gasteiger partial charge >= 0.3 is 0 Å². The molecule has 0 unspecified atom stereocenters. The summed E-state index contributed by atoms with van der Waals surface area (Å²) in [6, 6.07) is 17.2. The van der Waals surface area contributed by atoms with Crippen molar-refractivity contribution < 1.29 is 53.4 Å². The molecule has 0 radical (unpaired) electrons. The number of para-hydroxylation sites is 2. The van der Waals surface area contributed by atoms with Crippen molar-refractivity contribution in [1.82, 2.24) is 58.6 Å². The maximum absolute atomic E-state index is 14.3. The third-order valence-electron chi connectivity index (χ3n) is 12.6. The summed E-state index contributed by atoms with van der Waals surface area (Å²) >= 11 is 0. The third kappa shape index (κ3) is 9.94. The fraction of sp³-hybridized carbons (Fsp3) is 0.280. The summed E-state index contributed by atoms with van der Waals surface area (Å²) in [7, 11) is 1.71. The Morgan fingerprint density at radius 2 is 0.908 bits per heavy atom. The lowest BCUT2D eigenvalue weighted by atomic mass is 10.2. The molecule has 10 aromatic rings. The van der Waals surface area contributed by atoms with Crippen LogP contribution in [0.2, 0.25) is 0 Å². The number of halogens is 2. The molecule has 8 aromatic heterocycles. The van der Waals surface area contributed by atoms with Crippen LogP contribution in [0.5, 0.6) is 23.0 Å². The van der Waals surface area contributed by atoms with Crippen molar-refractivity contribution in [1.29, 1.82) is 0 Å². The number of hydrogen-bond donors (Lipinski definition) is 0. The van der Waals surface area contributed by atoms with Crippen molar-refractivity contribution in [2.45, 2.75) is 48.7 Å². The van der Waals surface area contributed by atoms with Crippen LogP contribution in [0.25, 0.3) is 56.6 Å². The van der Waals surface area contributed by atoms with Crippen LogP contribution in [0.15, 0.2) is 107 Å². The topological polar surface area (TPSA) is 254 Å². The highest BCUT2D eigenvalue weighted by molar-refractivity contribution is 7.91. The lowest BCUT2D eigenvalue weighted by molar-refractivity contribution is 0.390. The number of ether oxygens (including phenoxy) is 4. The summed E-state index contributed by atoms with van der Waals surface area (Å²) in [4.78, 5) is 16.7. The van der Waals surface area contributed by atoms with Gasteiger partial charge in [-0.3, -0.25) is 19.1 Å². The molecule has 26 heteroatoms. The number of benzene rings is 2. The zero-order chi connectivity index (χ0) is 54.1. The fourth-order valence-electron chi connectivity index (χ4n) is 8.63. The normalized spacial score (nSPS) is 12.7. The van der Waals surface area contributed by atoms with Gasteiger partial charge in [0.05, 0.1) is 87.9 Å². The molecular formula is C50H50F2N12O10S2. The SMILES string of the molecule is COc1cccc(OC)c1-n1c(CS(=O)(=O)[C@@H](C)Cc2ncc(F)c3c2ncn3C)nnc1-c1ccco1.COc1cccc(OC)c1-n1c(CS(=O)(=O)[C@H](C)Cc2ncc(F)c3c2ncn3C)nnc1-c1ccco1. The molecule has 0 saturated heterocycles. The van der Waals surface area contributed by atoms with E-state index in [9.17, 15) is 25.6 Å². The first-order valence-electron chi connectivity index (χ1n) is 23.2. The van der Waals surface area contributed by atoms with Gasteiger partial charge in [0.15, 0.2) is 54.5 Å². The van der Waals surface area contributed by atoms with E-state index in [-0.39, 0.29) is 47.2 Å². The molecule has 2 aromatic carbocycles. The maximum atomic E-state index is 14.3. The van der Waals surface area contributed by atoms with Gasteiger partial charge in [0, 0.05) is 26.9 Å². The largest absolute Gasteiger partial charge is 0.494 e. The van der Waals surface area contributed by atoms with E-state index in [2.05, 4.69) is 40.3 Å². The van der Waals surface area contributed by atoms with Crippen LogP contribution in [-0.2, 0) is 58.1 Å². The van der Waals surface area contributed by atoms with Gasteiger partial charge in [0.1, 0.15) is 67.9 Å². The van der Waals surface area contributed by atoms with Crippen molar-refractivity contribution in [3.8, 4) is 57.5 Å². The highest BCUT2D eigenvalue weighted by Gasteiger charge is 2.33. The Labute approximate surface area is 433 Å². The highest BCUT2D eigenvalue weighted by Crippen LogP contribution is 2.39. The zero-order valence-electron chi connectivity index (χ0n) is 42.2. The molecule has 0 fully saturated rings. The second-order valence-electron chi connectivity index (χ2n) is 17.4. The summed E-state index contributed by atoms with van der Waals surface area (Å²) < 4.78 is 123. The first-order valence-corrected chi connectivity index (χ1v) is 26.6. The second-order valence-corrected chi connectivity index (χ2v) is 22.2. The average molecular weight is 1080 g/mol. The summed E-state index contributed by atoms with van der Waals surface area (Å²) in [5.41, 5.74) is 2.85. The van der Waals surface area contributed by atoms with Crippen molar-refractivity contribution in [2.75, 3.05) is 28.4 Å². The number of pyridine rings is 2. The minimum Gasteiger partial charge on any atom is -0.494 e. The standard InChI is InChI=1S/2C25H25FN6O5S/c2*1-15(11-17-22-23(16(26)12-27-17)31(2)14-28-22)38(33,34)13-21-29-30-25(20-9-6-10-37-20)32(21)24-18(35-3)7-5-8-19(24)36-4/h2*5-10,12,14-15H,11,13H2,1-4H3/t2*15-/m10/s1. The molecule has 22 nitrogen and oxygen atoms in total. The van der Waals surface area contributed by atoms with Crippen LogP contribution >= 0.6 is 0 Å². The van der Waals surface area contributed by atoms with Crippen LogP contribution in [0.4, 0.5) is 8.78 Å². The van der Waals surface area contributed by atoms with Gasteiger partial charge in [-0.1, -0.05) is 12.1 Å².